The van der Waals surface area contributed by atoms with Crippen molar-refractivity contribution in [1.29, 1.82) is 0 Å². The minimum Gasteiger partial charge on any atom is -0.506 e. The number of nitrogens with zero attached hydrogens (tertiary/aromatic N) is 3. The summed E-state index contributed by atoms with van der Waals surface area (Å²) in [7, 11) is 0. The normalized spacial score (nSPS) is 14.6. The molecule has 1 heterocycles. The van der Waals surface area contributed by atoms with Gasteiger partial charge in [0, 0.05) is 51.5 Å². The van der Waals surface area contributed by atoms with E-state index in [1.807, 2.05) is 18.2 Å². The van der Waals surface area contributed by atoms with Crippen LogP contribution in [0.15, 0.2) is 48.5 Å². The van der Waals surface area contributed by atoms with Crippen LogP contribution in [-0.2, 0) is 4.79 Å². The summed E-state index contributed by atoms with van der Waals surface area (Å²) in [5.41, 5.74) is 3.31. The van der Waals surface area contributed by atoms with Gasteiger partial charge in [0.2, 0.25) is 5.91 Å². The average molecular weight is 397 g/mol. The van der Waals surface area contributed by atoms with Crippen LogP contribution in [0.5, 0.6) is 5.75 Å². The highest BCUT2D eigenvalue weighted by molar-refractivity contribution is 5.78. The Bertz CT molecular complexity index is 803. The summed E-state index contributed by atoms with van der Waals surface area (Å²) in [5.74, 6) is 0.383. The number of anilines is 2. The molecule has 0 unspecified atom stereocenters. The fourth-order valence-corrected chi connectivity index (χ4v) is 3.76. The van der Waals surface area contributed by atoms with Crippen molar-refractivity contribution in [1.82, 2.24) is 10.2 Å². The first-order chi connectivity index (χ1) is 14.1. The summed E-state index contributed by atoms with van der Waals surface area (Å²) in [6, 6.07) is 15.9. The molecule has 0 radical (unpaired) electrons. The highest BCUT2D eigenvalue weighted by atomic mass is 16.3. The van der Waals surface area contributed by atoms with Gasteiger partial charge in [-0.05, 0) is 43.7 Å². The average Bonchev–Trinajstić information content (AvgIpc) is 2.72. The number of carbonyl (C=O) groups excluding carboxylic acids is 1. The first-order valence-electron chi connectivity index (χ1n) is 10.4. The lowest BCUT2D eigenvalue weighted by Gasteiger charge is -2.36. The third-order valence-electron chi connectivity index (χ3n) is 5.41. The SMILES string of the molecule is CCN(CCNC(=O)CN1CCN(c2ccccc2O)CC1)c1cccc(C)c1. The van der Waals surface area contributed by atoms with Gasteiger partial charge < -0.3 is 20.2 Å². The number of phenols is 1. The van der Waals surface area contributed by atoms with Gasteiger partial charge in [0.1, 0.15) is 5.75 Å². The number of rotatable bonds is 8. The summed E-state index contributed by atoms with van der Waals surface area (Å²) >= 11 is 0. The molecule has 0 aliphatic carbocycles. The number of para-hydroxylation sites is 2. The van der Waals surface area contributed by atoms with E-state index in [1.165, 1.54) is 11.3 Å². The van der Waals surface area contributed by atoms with E-state index in [1.54, 1.807) is 6.07 Å². The number of amides is 1. The zero-order chi connectivity index (χ0) is 20.6. The first kappa shape index (κ1) is 21.0. The van der Waals surface area contributed by atoms with Crippen LogP contribution in [0.25, 0.3) is 0 Å². The Morgan fingerprint density at radius 1 is 1.10 bits per heavy atom. The Balaban J connectivity index is 1.39. The standard InChI is InChI=1S/C23H32N4O2/c1-3-26(20-8-6-7-19(2)17-20)12-11-24-23(29)18-25-13-15-27(16-14-25)21-9-4-5-10-22(21)28/h4-10,17,28H,3,11-16,18H2,1-2H3,(H,24,29). The van der Waals surface area contributed by atoms with Gasteiger partial charge in [-0.3, -0.25) is 9.69 Å². The number of likely N-dealkylation sites (N-methyl/N-ethyl adjacent to an activating group) is 1. The van der Waals surface area contributed by atoms with Gasteiger partial charge in [0.15, 0.2) is 0 Å². The molecule has 0 atom stereocenters. The van der Waals surface area contributed by atoms with Crippen molar-refractivity contribution in [2.45, 2.75) is 13.8 Å². The smallest absolute Gasteiger partial charge is 0.234 e. The lowest BCUT2D eigenvalue weighted by Crippen LogP contribution is -2.50. The van der Waals surface area contributed by atoms with Crippen molar-refractivity contribution >= 4 is 17.3 Å². The Kier molecular flexibility index (Phi) is 7.36. The summed E-state index contributed by atoms with van der Waals surface area (Å²) in [5, 5.41) is 13.1. The van der Waals surface area contributed by atoms with Crippen molar-refractivity contribution < 1.29 is 9.90 Å². The molecule has 1 aliphatic heterocycles. The molecule has 3 rings (SSSR count). The number of hydrogen-bond donors (Lipinski definition) is 2. The van der Waals surface area contributed by atoms with E-state index in [0.717, 1.165) is 45.0 Å². The number of benzene rings is 2. The summed E-state index contributed by atoms with van der Waals surface area (Å²) in [4.78, 5) is 19.0. The minimum absolute atomic E-state index is 0.0707. The van der Waals surface area contributed by atoms with Gasteiger partial charge in [-0.15, -0.1) is 0 Å². The number of phenolic OH excluding ortho intramolecular Hbond substituents is 1. The predicted octanol–water partition coefficient (Wildman–Crippen LogP) is 2.47. The van der Waals surface area contributed by atoms with Crippen LogP contribution in [0.2, 0.25) is 0 Å². The van der Waals surface area contributed by atoms with Crippen molar-refractivity contribution in [2.24, 2.45) is 0 Å². The van der Waals surface area contributed by atoms with Gasteiger partial charge in [0.25, 0.3) is 0 Å². The molecular weight excluding hydrogens is 364 g/mol. The van der Waals surface area contributed by atoms with E-state index in [4.69, 9.17) is 0 Å². The Morgan fingerprint density at radius 2 is 1.86 bits per heavy atom. The lowest BCUT2D eigenvalue weighted by molar-refractivity contribution is -0.122. The molecule has 2 aromatic rings. The number of piperazine rings is 1. The quantitative estimate of drug-likeness (QED) is 0.718. The number of nitrogens with one attached hydrogen (secondary N) is 1. The van der Waals surface area contributed by atoms with E-state index < -0.39 is 0 Å². The van der Waals surface area contributed by atoms with Crippen molar-refractivity contribution in [3.63, 3.8) is 0 Å². The van der Waals surface area contributed by atoms with E-state index in [9.17, 15) is 9.90 Å². The molecule has 1 aliphatic rings. The fraction of sp³-hybridized carbons (Fsp3) is 0.435. The van der Waals surface area contributed by atoms with Crippen molar-refractivity contribution in [3.8, 4) is 5.75 Å². The fourth-order valence-electron chi connectivity index (χ4n) is 3.76. The van der Waals surface area contributed by atoms with Crippen LogP contribution >= 0.6 is 0 Å². The second-order valence-electron chi connectivity index (χ2n) is 7.52. The molecule has 0 spiro atoms. The number of aryl methyl sites for hydroxylation is 1. The van der Waals surface area contributed by atoms with Crippen molar-refractivity contribution in [2.75, 3.05) is 62.2 Å². The second-order valence-corrected chi connectivity index (χ2v) is 7.52. The molecule has 156 valence electrons. The van der Waals surface area contributed by atoms with Crippen LogP contribution < -0.4 is 15.1 Å². The van der Waals surface area contributed by atoms with Gasteiger partial charge >= 0.3 is 0 Å². The molecule has 2 aromatic carbocycles. The van der Waals surface area contributed by atoms with Gasteiger partial charge in [0.05, 0.1) is 12.2 Å². The van der Waals surface area contributed by atoms with Gasteiger partial charge in [-0.1, -0.05) is 24.3 Å². The number of hydrogen-bond acceptors (Lipinski definition) is 5. The highest BCUT2D eigenvalue weighted by Crippen LogP contribution is 2.27. The Morgan fingerprint density at radius 3 is 2.55 bits per heavy atom. The number of aromatic hydroxyl groups is 1. The molecular formula is C23H32N4O2. The van der Waals surface area contributed by atoms with E-state index in [2.05, 4.69) is 58.1 Å². The predicted molar refractivity (Wildman–Crippen MR) is 119 cm³/mol. The Labute approximate surface area is 173 Å². The van der Waals surface area contributed by atoms with Crippen LogP contribution in [0, 0.1) is 6.92 Å². The molecule has 2 N–H and O–H groups in total. The van der Waals surface area contributed by atoms with Crippen LogP contribution in [0.1, 0.15) is 12.5 Å². The molecule has 29 heavy (non-hydrogen) atoms. The largest absolute Gasteiger partial charge is 0.506 e. The minimum atomic E-state index is 0.0707. The van der Waals surface area contributed by atoms with Crippen LogP contribution in [0.3, 0.4) is 0 Å². The molecule has 1 saturated heterocycles. The maximum absolute atomic E-state index is 12.4. The van der Waals surface area contributed by atoms with Crippen LogP contribution in [-0.4, -0.2) is 68.3 Å². The maximum Gasteiger partial charge on any atom is 0.234 e. The summed E-state index contributed by atoms with van der Waals surface area (Å²) in [6.07, 6.45) is 0. The maximum atomic E-state index is 12.4. The second kappa shape index (κ2) is 10.2. The summed E-state index contributed by atoms with van der Waals surface area (Å²) < 4.78 is 0. The van der Waals surface area contributed by atoms with Crippen molar-refractivity contribution in [3.05, 3.63) is 54.1 Å². The van der Waals surface area contributed by atoms with Gasteiger partial charge in [-0.25, -0.2) is 0 Å². The molecule has 6 nitrogen and oxygen atoms in total. The Hall–Kier alpha value is -2.73. The highest BCUT2D eigenvalue weighted by Gasteiger charge is 2.20. The molecule has 1 amide bonds. The van der Waals surface area contributed by atoms with E-state index in [-0.39, 0.29) is 5.91 Å². The monoisotopic (exact) mass is 396 g/mol. The third-order valence-corrected chi connectivity index (χ3v) is 5.41. The molecule has 0 bridgehead atoms. The molecule has 0 saturated carbocycles. The third kappa shape index (κ3) is 5.87. The topological polar surface area (TPSA) is 59.1 Å². The first-order valence-corrected chi connectivity index (χ1v) is 10.4. The van der Waals surface area contributed by atoms with Gasteiger partial charge in [-0.2, -0.15) is 0 Å². The van der Waals surface area contributed by atoms with Crippen LogP contribution in [0.4, 0.5) is 11.4 Å². The zero-order valence-electron chi connectivity index (χ0n) is 17.5. The molecule has 6 heteroatoms. The molecule has 0 aromatic heterocycles. The van der Waals surface area contributed by atoms with E-state index in [0.29, 0.717) is 18.8 Å². The van der Waals surface area contributed by atoms with E-state index >= 15 is 0 Å². The number of carbonyl (C=O) groups is 1. The zero-order valence-corrected chi connectivity index (χ0v) is 17.5. The molecule has 1 fully saturated rings. The summed E-state index contributed by atoms with van der Waals surface area (Å²) in [6.45, 7) is 10.2. The lowest BCUT2D eigenvalue weighted by atomic mass is 10.2.